The lowest BCUT2D eigenvalue weighted by Crippen LogP contribution is -2.39. The normalized spacial score (nSPS) is 16.1. The van der Waals surface area contributed by atoms with Crippen molar-refractivity contribution in [2.24, 2.45) is 17.1 Å². The fourth-order valence-electron chi connectivity index (χ4n) is 4.26. The van der Waals surface area contributed by atoms with Crippen molar-refractivity contribution in [3.05, 3.63) is 24.3 Å². The van der Waals surface area contributed by atoms with Gasteiger partial charge in [-0.1, -0.05) is 45.2 Å². The maximum Gasteiger partial charge on any atom is 0.230 e. The number of rotatable bonds is 11. The summed E-state index contributed by atoms with van der Waals surface area (Å²) in [5, 5.41) is 5.40. The van der Waals surface area contributed by atoms with Crippen LogP contribution in [0.15, 0.2) is 29.2 Å². The van der Waals surface area contributed by atoms with E-state index >= 15 is 0 Å². The van der Waals surface area contributed by atoms with Gasteiger partial charge in [0.05, 0.1) is 11.7 Å². The van der Waals surface area contributed by atoms with Gasteiger partial charge >= 0.3 is 0 Å². The van der Waals surface area contributed by atoms with Crippen molar-refractivity contribution in [1.29, 1.82) is 0 Å². The molecule has 3 amide bonds. The van der Waals surface area contributed by atoms with Crippen LogP contribution in [0, 0.1) is 11.3 Å². The van der Waals surface area contributed by atoms with Crippen LogP contribution in [0.25, 0.3) is 0 Å². The molecule has 1 saturated carbocycles. The highest BCUT2D eigenvalue weighted by atomic mass is 32.2. The zero-order chi connectivity index (χ0) is 24.4. The average molecular weight is 476 g/mol. The van der Waals surface area contributed by atoms with Gasteiger partial charge < -0.3 is 16.4 Å². The van der Waals surface area contributed by atoms with E-state index in [1.807, 2.05) is 6.07 Å². The number of primary amides is 1. The van der Waals surface area contributed by atoms with Gasteiger partial charge in [-0.15, -0.1) is 0 Å². The highest BCUT2D eigenvalue weighted by Crippen LogP contribution is 2.42. The Kier molecular flexibility index (Phi) is 10.4. The van der Waals surface area contributed by atoms with Gasteiger partial charge in [-0.25, -0.2) is 0 Å². The predicted molar refractivity (Wildman–Crippen MR) is 132 cm³/mol. The van der Waals surface area contributed by atoms with E-state index in [1.165, 1.54) is 6.92 Å². The van der Waals surface area contributed by atoms with Crippen molar-refractivity contribution in [2.75, 3.05) is 5.32 Å². The predicted octanol–water partition coefficient (Wildman–Crippen LogP) is 4.40. The Morgan fingerprint density at radius 2 is 1.73 bits per heavy atom. The molecule has 1 aliphatic carbocycles. The number of anilines is 1. The Labute approximate surface area is 201 Å². The molecular weight excluding hydrogens is 438 g/mol. The monoisotopic (exact) mass is 475 g/mol. The molecular formula is C25H37N3O4S. The van der Waals surface area contributed by atoms with Crippen molar-refractivity contribution in [3.8, 4) is 0 Å². The molecule has 0 aromatic heterocycles. The van der Waals surface area contributed by atoms with Crippen LogP contribution in [0.3, 0.4) is 0 Å². The van der Waals surface area contributed by atoms with Crippen LogP contribution in [0.2, 0.25) is 0 Å². The van der Waals surface area contributed by atoms with E-state index in [-0.39, 0.29) is 35.2 Å². The Morgan fingerprint density at radius 3 is 2.33 bits per heavy atom. The molecule has 0 radical (unpaired) electrons. The second-order valence-corrected chi connectivity index (χ2v) is 10.4. The van der Waals surface area contributed by atoms with E-state index < -0.39 is 11.9 Å². The number of nitrogens with one attached hydrogen (secondary N) is 2. The molecule has 0 bridgehead atoms. The molecule has 1 fully saturated rings. The lowest BCUT2D eigenvalue weighted by Gasteiger charge is -2.36. The molecule has 33 heavy (non-hydrogen) atoms. The minimum absolute atomic E-state index is 0.00595. The molecule has 0 saturated heterocycles. The number of carbonyl (C=O) groups excluding carboxylic acids is 4. The van der Waals surface area contributed by atoms with Gasteiger partial charge in [0.1, 0.15) is 0 Å². The first-order valence-corrected chi connectivity index (χ1v) is 12.6. The molecule has 2 rings (SSSR count). The molecule has 4 N–H and O–H groups in total. The molecule has 0 aliphatic heterocycles. The van der Waals surface area contributed by atoms with Gasteiger partial charge in [0.15, 0.2) is 0 Å². The second-order valence-electron chi connectivity index (χ2n) is 9.40. The minimum atomic E-state index is -0.834. The highest BCUT2D eigenvalue weighted by molar-refractivity contribution is 8.14. The summed E-state index contributed by atoms with van der Waals surface area (Å²) < 4.78 is 0. The molecule has 182 valence electrons. The van der Waals surface area contributed by atoms with Crippen molar-refractivity contribution < 1.29 is 19.2 Å². The Bertz CT molecular complexity index is 850. The lowest BCUT2D eigenvalue weighted by atomic mass is 9.69. The number of hydrogen-bond donors (Lipinski definition) is 3. The summed E-state index contributed by atoms with van der Waals surface area (Å²) in [6.07, 6.45) is 7.03. The van der Waals surface area contributed by atoms with Crippen LogP contribution in [0.4, 0.5) is 5.69 Å². The van der Waals surface area contributed by atoms with Crippen LogP contribution >= 0.6 is 11.8 Å². The fourth-order valence-corrected chi connectivity index (χ4v) is 5.17. The molecule has 7 nitrogen and oxygen atoms in total. The molecule has 1 atom stereocenters. The number of nitrogens with two attached hydrogens (primary N) is 1. The van der Waals surface area contributed by atoms with E-state index in [0.717, 1.165) is 56.7 Å². The van der Waals surface area contributed by atoms with Crippen molar-refractivity contribution in [2.45, 2.75) is 89.5 Å². The Morgan fingerprint density at radius 1 is 1.06 bits per heavy atom. The van der Waals surface area contributed by atoms with E-state index in [1.54, 1.807) is 18.2 Å². The first-order valence-electron chi connectivity index (χ1n) is 11.8. The lowest BCUT2D eigenvalue weighted by molar-refractivity contribution is -0.128. The topological polar surface area (TPSA) is 118 Å². The van der Waals surface area contributed by atoms with E-state index in [9.17, 15) is 19.2 Å². The molecule has 0 spiro atoms. The summed E-state index contributed by atoms with van der Waals surface area (Å²) in [6, 6.07) is 6.36. The smallest absolute Gasteiger partial charge is 0.230 e. The van der Waals surface area contributed by atoms with Gasteiger partial charge in [0.2, 0.25) is 22.8 Å². The summed E-state index contributed by atoms with van der Waals surface area (Å²) >= 11 is 0.957. The molecule has 1 aliphatic rings. The van der Waals surface area contributed by atoms with Gasteiger partial charge in [0.25, 0.3) is 0 Å². The van der Waals surface area contributed by atoms with Crippen LogP contribution < -0.4 is 16.4 Å². The Balaban J connectivity index is 2.17. The summed E-state index contributed by atoms with van der Waals surface area (Å²) in [7, 11) is 0. The van der Waals surface area contributed by atoms with Crippen LogP contribution in [-0.2, 0) is 19.2 Å². The molecule has 1 aromatic rings. The SMILES string of the molecule is CC(=O)NC(CCC(N)=O)C(=O)Sc1ccccc1NC(=O)C1(CCC(C)C)CCCCC1. The van der Waals surface area contributed by atoms with E-state index in [2.05, 4.69) is 24.5 Å². The van der Waals surface area contributed by atoms with Gasteiger partial charge in [-0.05, 0) is 61.9 Å². The number of amides is 3. The van der Waals surface area contributed by atoms with E-state index in [0.29, 0.717) is 16.5 Å². The van der Waals surface area contributed by atoms with Crippen molar-refractivity contribution in [1.82, 2.24) is 5.32 Å². The van der Waals surface area contributed by atoms with Crippen molar-refractivity contribution >= 4 is 40.3 Å². The highest BCUT2D eigenvalue weighted by Gasteiger charge is 2.39. The van der Waals surface area contributed by atoms with Crippen LogP contribution in [0.5, 0.6) is 0 Å². The number of para-hydroxylation sites is 1. The third kappa shape index (κ3) is 8.50. The summed E-state index contributed by atoms with van der Waals surface area (Å²) in [5.74, 6) is -0.335. The number of carbonyl (C=O) groups is 4. The quantitative estimate of drug-likeness (QED) is 0.410. The summed E-state index contributed by atoms with van der Waals surface area (Å²) in [5.41, 5.74) is 5.43. The number of thioether (sulfide) groups is 1. The third-order valence-corrected chi connectivity index (χ3v) is 7.24. The summed E-state index contributed by atoms with van der Waals surface area (Å²) in [6.45, 7) is 5.68. The third-order valence-electron chi connectivity index (χ3n) is 6.18. The first kappa shape index (κ1) is 26.9. The maximum absolute atomic E-state index is 13.5. The first-order chi connectivity index (χ1) is 15.6. The van der Waals surface area contributed by atoms with Crippen molar-refractivity contribution in [3.63, 3.8) is 0 Å². The standard InChI is InChI=1S/C25H37N3O4S/c1-17(2)13-16-25(14-7-4-8-15-25)24(32)28-19-9-5-6-10-21(19)33-23(31)20(27-18(3)29)11-12-22(26)30/h5-6,9-10,17,20H,4,7-8,11-16H2,1-3H3,(H2,26,30)(H,27,29)(H,28,32). The van der Waals surface area contributed by atoms with E-state index in [4.69, 9.17) is 5.73 Å². The zero-order valence-electron chi connectivity index (χ0n) is 19.9. The fraction of sp³-hybridized carbons (Fsp3) is 0.600. The number of benzene rings is 1. The van der Waals surface area contributed by atoms with Crippen LogP contribution in [0.1, 0.15) is 78.6 Å². The van der Waals surface area contributed by atoms with Gasteiger partial charge in [0, 0.05) is 23.7 Å². The van der Waals surface area contributed by atoms with Crippen LogP contribution in [-0.4, -0.2) is 28.9 Å². The maximum atomic E-state index is 13.5. The zero-order valence-corrected chi connectivity index (χ0v) is 20.8. The van der Waals surface area contributed by atoms with Gasteiger partial charge in [-0.3, -0.25) is 19.2 Å². The minimum Gasteiger partial charge on any atom is -0.370 e. The summed E-state index contributed by atoms with van der Waals surface area (Å²) in [4.78, 5) is 49.7. The molecule has 8 heteroatoms. The Hall–Kier alpha value is -2.35. The largest absolute Gasteiger partial charge is 0.370 e. The average Bonchev–Trinajstić information content (AvgIpc) is 2.76. The second kappa shape index (κ2) is 12.8. The molecule has 0 heterocycles. The van der Waals surface area contributed by atoms with Gasteiger partial charge in [-0.2, -0.15) is 0 Å². The molecule has 1 unspecified atom stereocenters. The number of hydrogen-bond acceptors (Lipinski definition) is 5. The molecule has 1 aromatic carbocycles.